The first-order valence-corrected chi connectivity index (χ1v) is 6.91. The van der Waals surface area contributed by atoms with E-state index in [1.54, 1.807) is 0 Å². The van der Waals surface area contributed by atoms with Gasteiger partial charge in [-0.3, -0.25) is 4.79 Å². The molecule has 4 rings (SSSR count). The minimum atomic E-state index is 0.0213. The second-order valence-corrected chi connectivity index (χ2v) is 5.39. The second kappa shape index (κ2) is 4.34. The van der Waals surface area contributed by atoms with Crippen molar-refractivity contribution >= 4 is 16.8 Å². The Balaban J connectivity index is 1.65. The molecular weight excluding hydrogens is 248 g/mol. The van der Waals surface area contributed by atoms with Gasteiger partial charge in [-0.25, -0.2) is 0 Å². The van der Waals surface area contributed by atoms with Gasteiger partial charge >= 0.3 is 0 Å². The summed E-state index contributed by atoms with van der Waals surface area (Å²) in [7, 11) is 0. The van der Waals surface area contributed by atoms with E-state index < -0.39 is 0 Å². The van der Waals surface area contributed by atoms with Gasteiger partial charge in [-0.1, -0.05) is 42.5 Å². The zero-order chi connectivity index (χ0) is 13.5. The molecule has 0 unspecified atom stereocenters. The number of fused-ring (bicyclic) bond motifs is 2. The summed E-state index contributed by atoms with van der Waals surface area (Å²) in [4.78, 5) is 12.6. The summed E-state index contributed by atoms with van der Waals surface area (Å²) < 4.78 is 5.69. The van der Waals surface area contributed by atoms with Crippen LogP contribution in [-0.4, -0.2) is 5.78 Å². The van der Waals surface area contributed by atoms with Crippen LogP contribution in [0.5, 0.6) is 0 Å². The molecular formula is C18H14O2. The molecule has 2 nitrogen and oxygen atoms in total. The molecule has 0 amide bonds. The Bertz CT molecular complexity index is 740. The SMILES string of the molecule is O=C(c1cc2ccccc2o1)C1Cc2ccccc2C1. The highest BCUT2D eigenvalue weighted by atomic mass is 16.3. The van der Waals surface area contributed by atoms with E-state index in [9.17, 15) is 4.79 Å². The second-order valence-electron chi connectivity index (χ2n) is 5.39. The maximum absolute atomic E-state index is 12.6. The molecule has 20 heavy (non-hydrogen) atoms. The van der Waals surface area contributed by atoms with Gasteiger partial charge in [-0.2, -0.15) is 0 Å². The lowest BCUT2D eigenvalue weighted by Gasteiger charge is -2.04. The van der Waals surface area contributed by atoms with Crippen molar-refractivity contribution in [3.8, 4) is 0 Å². The summed E-state index contributed by atoms with van der Waals surface area (Å²) >= 11 is 0. The zero-order valence-electron chi connectivity index (χ0n) is 11.0. The Labute approximate surface area is 117 Å². The molecule has 0 bridgehead atoms. The monoisotopic (exact) mass is 262 g/mol. The van der Waals surface area contributed by atoms with Gasteiger partial charge in [0.25, 0.3) is 0 Å². The van der Waals surface area contributed by atoms with Gasteiger partial charge in [0, 0.05) is 11.3 Å². The topological polar surface area (TPSA) is 30.2 Å². The molecule has 1 heterocycles. The first kappa shape index (κ1) is 11.5. The third-order valence-electron chi connectivity index (χ3n) is 4.09. The zero-order valence-corrected chi connectivity index (χ0v) is 11.0. The lowest BCUT2D eigenvalue weighted by Crippen LogP contribution is -2.14. The predicted molar refractivity (Wildman–Crippen MR) is 77.9 cm³/mol. The lowest BCUT2D eigenvalue weighted by atomic mass is 9.99. The summed E-state index contributed by atoms with van der Waals surface area (Å²) in [6, 6.07) is 17.9. The van der Waals surface area contributed by atoms with Crippen LogP contribution in [0.25, 0.3) is 11.0 Å². The molecule has 0 aliphatic heterocycles. The number of ketones is 1. The van der Waals surface area contributed by atoms with Crippen molar-refractivity contribution in [1.82, 2.24) is 0 Å². The Kier molecular flexibility index (Phi) is 2.49. The van der Waals surface area contributed by atoms with E-state index in [1.807, 2.05) is 42.5 Å². The van der Waals surface area contributed by atoms with E-state index in [4.69, 9.17) is 4.42 Å². The smallest absolute Gasteiger partial charge is 0.201 e. The fraction of sp³-hybridized carbons (Fsp3) is 0.167. The van der Waals surface area contributed by atoms with Gasteiger partial charge in [0.2, 0.25) is 5.78 Å². The molecule has 2 aromatic carbocycles. The Morgan fingerprint density at radius 1 is 0.950 bits per heavy atom. The van der Waals surface area contributed by atoms with E-state index in [-0.39, 0.29) is 11.7 Å². The van der Waals surface area contributed by atoms with Crippen LogP contribution < -0.4 is 0 Å². The summed E-state index contributed by atoms with van der Waals surface area (Å²) in [6.07, 6.45) is 1.65. The maximum atomic E-state index is 12.6. The average molecular weight is 262 g/mol. The standard InChI is InChI=1S/C18H14O2/c19-18(15-9-12-5-1-2-6-13(12)10-15)17-11-14-7-3-4-8-16(14)20-17/h1-8,11,15H,9-10H2. The summed E-state index contributed by atoms with van der Waals surface area (Å²) in [5, 5.41) is 0.992. The Morgan fingerprint density at radius 2 is 1.60 bits per heavy atom. The number of para-hydroxylation sites is 1. The number of hydrogen-bond acceptors (Lipinski definition) is 2. The van der Waals surface area contributed by atoms with E-state index in [1.165, 1.54) is 11.1 Å². The van der Waals surface area contributed by atoms with Gasteiger partial charge in [0.15, 0.2) is 5.76 Å². The highest BCUT2D eigenvalue weighted by Gasteiger charge is 2.29. The van der Waals surface area contributed by atoms with E-state index in [0.29, 0.717) is 5.76 Å². The molecule has 0 saturated carbocycles. The number of carbonyl (C=O) groups excluding carboxylic acids is 1. The summed E-state index contributed by atoms with van der Waals surface area (Å²) in [5.41, 5.74) is 3.37. The van der Waals surface area contributed by atoms with Crippen molar-refractivity contribution in [3.63, 3.8) is 0 Å². The van der Waals surface area contributed by atoms with Crippen LogP contribution in [-0.2, 0) is 12.8 Å². The van der Waals surface area contributed by atoms with Crippen molar-refractivity contribution in [1.29, 1.82) is 0 Å². The fourth-order valence-corrected chi connectivity index (χ4v) is 3.05. The quantitative estimate of drug-likeness (QED) is 0.653. The van der Waals surface area contributed by atoms with Gasteiger partial charge in [-0.05, 0) is 36.1 Å². The third-order valence-corrected chi connectivity index (χ3v) is 4.09. The molecule has 1 aliphatic carbocycles. The first-order chi connectivity index (χ1) is 9.81. The van der Waals surface area contributed by atoms with Crippen molar-refractivity contribution in [2.45, 2.75) is 12.8 Å². The Morgan fingerprint density at radius 3 is 2.30 bits per heavy atom. The third kappa shape index (κ3) is 1.76. The highest BCUT2D eigenvalue weighted by Crippen LogP contribution is 2.30. The van der Waals surface area contributed by atoms with Gasteiger partial charge in [0.05, 0.1) is 0 Å². The summed E-state index contributed by atoms with van der Waals surface area (Å²) in [5.74, 6) is 0.634. The normalized spacial score (nSPS) is 14.6. The first-order valence-electron chi connectivity index (χ1n) is 6.91. The van der Waals surface area contributed by atoms with Crippen LogP contribution in [0.3, 0.4) is 0 Å². The van der Waals surface area contributed by atoms with Gasteiger partial charge in [0.1, 0.15) is 5.58 Å². The van der Waals surface area contributed by atoms with Crippen LogP contribution in [0.1, 0.15) is 21.7 Å². The molecule has 3 aromatic rings. The van der Waals surface area contributed by atoms with E-state index in [2.05, 4.69) is 12.1 Å². The molecule has 1 aliphatic rings. The van der Waals surface area contributed by atoms with Crippen molar-refractivity contribution in [3.05, 3.63) is 71.5 Å². The Hall–Kier alpha value is -2.35. The fourth-order valence-electron chi connectivity index (χ4n) is 3.05. The number of hydrogen-bond donors (Lipinski definition) is 0. The molecule has 2 heteroatoms. The minimum absolute atomic E-state index is 0.0213. The molecule has 98 valence electrons. The number of carbonyl (C=O) groups is 1. The molecule has 0 N–H and O–H groups in total. The lowest BCUT2D eigenvalue weighted by molar-refractivity contribution is 0.0898. The molecule has 0 radical (unpaired) electrons. The molecule has 0 spiro atoms. The number of Topliss-reactive ketones (excluding diaryl/α,β-unsaturated/α-hetero) is 1. The van der Waals surface area contributed by atoms with Crippen molar-refractivity contribution in [2.75, 3.05) is 0 Å². The number of benzene rings is 2. The average Bonchev–Trinajstić information content (AvgIpc) is 3.10. The van der Waals surface area contributed by atoms with Crippen LogP contribution in [0.2, 0.25) is 0 Å². The molecule has 0 fully saturated rings. The largest absolute Gasteiger partial charge is 0.453 e. The molecule has 0 saturated heterocycles. The number of rotatable bonds is 2. The van der Waals surface area contributed by atoms with Crippen molar-refractivity contribution < 1.29 is 9.21 Å². The predicted octanol–water partition coefficient (Wildman–Crippen LogP) is 4.03. The molecule has 0 atom stereocenters. The number of furan rings is 1. The van der Waals surface area contributed by atoms with Crippen LogP contribution in [0.4, 0.5) is 0 Å². The van der Waals surface area contributed by atoms with E-state index in [0.717, 1.165) is 23.8 Å². The maximum Gasteiger partial charge on any atom is 0.201 e. The van der Waals surface area contributed by atoms with Crippen molar-refractivity contribution in [2.24, 2.45) is 5.92 Å². The van der Waals surface area contributed by atoms with E-state index >= 15 is 0 Å². The highest BCUT2D eigenvalue weighted by molar-refractivity contribution is 5.99. The minimum Gasteiger partial charge on any atom is -0.453 e. The molecule has 1 aromatic heterocycles. The van der Waals surface area contributed by atoms with Crippen LogP contribution >= 0.6 is 0 Å². The van der Waals surface area contributed by atoms with Crippen LogP contribution in [0, 0.1) is 5.92 Å². The summed E-state index contributed by atoms with van der Waals surface area (Å²) in [6.45, 7) is 0. The van der Waals surface area contributed by atoms with Gasteiger partial charge < -0.3 is 4.42 Å². The van der Waals surface area contributed by atoms with Gasteiger partial charge in [-0.15, -0.1) is 0 Å². The van der Waals surface area contributed by atoms with Crippen LogP contribution in [0.15, 0.2) is 59.0 Å².